The zero-order valence-electron chi connectivity index (χ0n) is 22.7. The largest absolute Gasteiger partial charge is 0.0622 e. The Morgan fingerprint density at radius 2 is 0.711 bits per heavy atom. The van der Waals surface area contributed by atoms with Gasteiger partial charge in [-0.05, 0) is 97.4 Å². The van der Waals surface area contributed by atoms with Crippen molar-refractivity contribution >= 4 is 37.1 Å². The zero-order chi connectivity index (χ0) is 26.2. The highest BCUT2D eigenvalue weighted by atomic mass is 31.1. The predicted octanol–water partition coefficient (Wildman–Crippen LogP) is 9.15. The second kappa shape index (κ2) is 13.3. The maximum Gasteiger partial charge on any atom is -0.0154 e. The molecule has 192 valence electrons. The van der Waals surface area contributed by atoms with E-state index in [1.165, 1.54) is 46.9 Å². The van der Waals surface area contributed by atoms with Gasteiger partial charge in [0.2, 0.25) is 0 Å². The summed E-state index contributed by atoms with van der Waals surface area (Å²) in [7, 11) is -1.14. The van der Waals surface area contributed by atoms with Crippen LogP contribution in [0.1, 0.15) is 52.4 Å². The molecule has 4 aromatic rings. The normalized spacial score (nSPS) is 16.5. The first-order chi connectivity index (χ1) is 18.8. The van der Waals surface area contributed by atoms with Gasteiger partial charge < -0.3 is 0 Å². The SMILES string of the molecule is CC/C(=C1/CCCC/C1=C(/CC)P(c1ccccc1)c1ccccc1)P(c1ccccc1)c1ccccc1. The summed E-state index contributed by atoms with van der Waals surface area (Å²) in [5, 5.41) is 9.22. The quantitative estimate of drug-likeness (QED) is 0.199. The predicted molar refractivity (Wildman–Crippen MR) is 171 cm³/mol. The summed E-state index contributed by atoms with van der Waals surface area (Å²) in [6.45, 7) is 4.77. The molecule has 0 atom stereocenters. The van der Waals surface area contributed by atoms with Crippen LogP contribution in [0, 0.1) is 0 Å². The molecule has 0 N–H and O–H groups in total. The first kappa shape index (κ1) is 26.8. The Balaban J connectivity index is 1.75. The summed E-state index contributed by atoms with van der Waals surface area (Å²) >= 11 is 0. The summed E-state index contributed by atoms with van der Waals surface area (Å²) < 4.78 is 0. The van der Waals surface area contributed by atoms with E-state index in [2.05, 4.69) is 135 Å². The second-order valence-corrected chi connectivity index (χ2v) is 14.3. The fourth-order valence-corrected chi connectivity index (χ4v) is 11.2. The van der Waals surface area contributed by atoms with Crippen molar-refractivity contribution in [3.8, 4) is 0 Å². The van der Waals surface area contributed by atoms with E-state index >= 15 is 0 Å². The summed E-state index contributed by atoms with van der Waals surface area (Å²) in [6.07, 6.45) is 7.18. The van der Waals surface area contributed by atoms with Crippen molar-refractivity contribution in [2.24, 2.45) is 0 Å². The molecule has 0 nitrogen and oxygen atoms in total. The average molecular weight is 533 g/mol. The van der Waals surface area contributed by atoms with Crippen LogP contribution in [-0.4, -0.2) is 0 Å². The number of allylic oxidation sites excluding steroid dienone is 4. The van der Waals surface area contributed by atoms with Gasteiger partial charge in [-0.25, -0.2) is 0 Å². The van der Waals surface area contributed by atoms with Crippen LogP contribution < -0.4 is 21.2 Å². The van der Waals surface area contributed by atoms with Gasteiger partial charge in [-0.3, -0.25) is 0 Å². The highest BCUT2D eigenvalue weighted by Crippen LogP contribution is 2.54. The standard InChI is InChI=1S/C36H38P2/c1-3-35(37(29-19-9-5-10-20-29)30-21-11-6-12-22-30)33-27-17-18-28-34(33)36(4-2)38(31-23-13-7-14-24-31)32-25-15-8-16-26-32/h5-16,19-26H,3-4,17-18,27-28H2,1-2H3/b35-33+,36-34+. The molecule has 0 unspecified atom stereocenters. The van der Waals surface area contributed by atoms with Gasteiger partial charge in [0.15, 0.2) is 0 Å². The lowest BCUT2D eigenvalue weighted by Crippen LogP contribution is -2.17. The van der Waals surface area contributed by atoms with Crippen molar-refractivity contribution in [2.75, 3.05) is 0 Å². The first-order valence-electron chi connectivity index (χ1n) is 14.1. The van der Waals surface area contributed by atoms with E-state index in [0.717, 1.165) is 12.8 Å². The third-order valence-corrected chi connectivity index (χ3v) is 12.9. The summed E-state index contributed by atoms with van der Waals surface area (Å²) in [6, 6.07) is 45.1. The fraction of sp³-hybridized carbons (Fsp3) is 0.222. The topological polar surface area (TPSA) is 0 Å². The van der Waals surface area contributed by atoms with Gasteiger partial charge in [0.1, 0.15) is 0 Å². The number of hydrogen-bond donors (Lipinski definition) is 0. The smallest absolute Gasteiger partial charge is 0.0154 e. The molecule has 0 bridgehead atoms. The Hall–Kier alpha value is -2.78. The van der Waals surface area contributed by atoms with Crippen LogP contribution in [0.15, 0.2) is 143 Å². The third-order valence-electron chi connectivity index (χ3n) is 7.43. The molecule has 1 aliphatic carbocycles. The molecule has 38 heavy (non-hydrogen) atoms. The highest BCUT2D eigenvalue weighted by Gasteiger charge is 2.28. The van der Waals surface area contributed by atoms with E-state index in [4.69, 9.17) is 0 Å². The van der Waals surface area contributed by atoms with Crippen molar-refractivity contribution < 1.29 is 0 Å². The maximum atomic E-state index is 2.39. The monoisotopic (exact) mass is 532 g/mol. The number of rotatable bonds is 8. The minimum Gasteiger partial charge on any atom is -0.0622 e. The van der Waals surface area contributed by atoms with Crippen LogP contribution in [-0.2, 0) is 0 Å². The van der Waals surface area contributed by atoms with Crippen molar-refractivity contribution in [3.05, 3.63) is 143 Å². The molecule has 0 saturated heterocycles. The highest BCUT2D eigenvalue weighted by molar-refractivity contribution is 7.77. The average Bonchev–Trinajstić information content (AvgIpc) is 3.00. The van der Waals surface area contributed by atoms with Gasteiger partial charge >= 0.3 is 0 Å². The maximum absolute atomic E-state index is 2.39. The van der Waals surface area contributed by atoms with Crippen LogP contribution >= 0.6 is 15.8 Å². The lowest BCUT2D eigenvalue weighted by atomic mass is 9.88. The van der Waals surface area contributed by atoms with Crippen LogP contribution in [0.25, 0.3) is 0 Å². The van der Waals surface area contributed by atoms with Crippen molar-refractivity contribution in [1.29, 1.82) is 0 Å². The van der Waals surface area contributed by atoms with Gasteiger partial charge in [0, 0.05) is 0 Å². The first-order valence-corrected chi connectivity index (χ1v) is 16.7. The molecule has 0 radical (unpaired) electrons. The van der Waals surface area contributed by atoms with Crippen LogP contribution in [0.3, 0.4) is 0 Å². The molecule has 0 aliphatic heterocycles. The summed E-state index contributed by atoms with van der Waals surface area (Å²) in [5.74, 6) is 0. The second-order valence-electron chi connectivity index (χ2n) is 9.78. The molecular formula is C36H38P2. The molecule has 1 aliphatic rings. The van der Waals surface area contributed by atoms with Crippen molar-refractivity contribution in [3.63, 3.8) is 0 Å². The lowest BCUT2D eigenvalue weighted by molar-refractivity contribution is 0.671. The van der Waals surface area contributed by atoms with Gasteiger partial charge in [-0.2, -0.15) is 0 Å². The van der Waals surface area contributed by atoms with E-state index in [0.29, 0.717) is 0 Å². The zero-order valence-corrected chi connectivity index (χ0v) is 24.5. The Morgan fingerprint density at radius 1 is 0.447 bits per heavy atom. The Bertz CT molecular complexity index is 1170. The lowest BCUT2D eigenvalue weighted by Gasteiger charge is -2.32. The summed E-state index contributed by atoms with van der Waals surface area (Å²) in [4.78, 5) is 0. The van der Waals surface area contributed by atoms with E-state index < -0.39 is 15.8 Å². The van der Waals surface area contributed by atoms with Crippen LogP contribution in [0.5, 0.6) is 0 Å². The van der Waals surface area contributed by atoms with E-state index in [1.54, 1.807) is 21.8 Å². The molecule has 1 saturated carbocycles. The fourth-order valence-electron chi connectivity index (χ4n) is 5.78. The van der Waals surface area contributed by atoms with Gasteiger partial charge in [-0.1, -0.05) is 135 Å². The van der Waals surface area contributed by atoms with Gasteiger partial charge in [0.05, 0.1) is 0 Å². The van der Waals surface area contributed by atoms with Gasteiger partial charge in [0.25, 0.3) is 0 Å². The molecule has 2 heteroatoms. The molecule has 4 aromatic carbocycles. The van der Waals surface area contributed by atoms with Gasteiger partial charge in [-0.15, -0.1) is 0 Å². The summed E-state index contributed by atoms with van der Waals surface area (Å²) in [5.41, 5.74) is 3.35. The number of hydrogen-bond acceptors (Lipinski definition) is 0. The van der Waals surface area contributed by atoms with E-state index in [1.807, 2.05) is 0 Å². The number of benzene rings is 4. The Morgan fingerprint density at radius 3 is 0.947 bits per heavy atom. The van der Waals surface area contributed by atoms with Crippen LogP contribution in [0.4, 0.5) is 0 Å². The molecule has 0 heterocycles. The minimum atomic E-state index is -0.569. The molecule has 0 spiro atoms. The van der Waals surface area contributed by atoms with Crippen molar-refractivity contribution in [1.82, 2.24) is 0 Å². The van der Waals surface area contributed by atoms with Crippen LogP contribution in [0.2, 0.25) is 0 Å². The molecular weight excluding hydrogens is 494 g/mol. The Labute approximate surface area is 232 Å². The molecule has 0 aromatic heterocycles. The Kier molecular flexibility index (Phi) is 9.41. The van der Waals surface area contributed by atoms with Crippen molar-refractivity contribution in [2.45, 2.75) is 52.4 Å². The van der Waals surface area contributed by atoms with E-state index in [-0.39, 0.29) is 0 Å². The molecule has 0 amide bonds. The minimum absolute atomic E-state index is 0.569. The molecule has 5 rings (SSSR count). The molecule has 1 fully saturated rings. The third kappa shape index (κ3) is 5.94. The van der Waals surface area contributed by atoms with E-state index in [9.17, 15) is 0 Å².